The molecule has 1 aromatic rings. The zero-order valence-corrected chi connectivity index (χ0v) is 7.78. The van der Waals surface area contributed by atoms with E-state index in [9.17, 15) is 4.79 Å². The summed E-state index contributed by atoms with van der Waals surface area (Å²) in [4.78, 5) is 11.3. The summed E-state index contributed by atoms with van der Waals surface area (Å²) in [6.07, 6.45) is 1.05. The number of hydrogen-bond donors (Lipinski definition) is 0. The number of rotatable bonds is 2. The zero-order valence-electron chi connectivity index (χ0n) is 7.78. The molecule has 13 heavy (non-hydrogen) atoms. The molecule has 0 aromatic carbocycles. The van der Waals surface area contributed by atoms with Crippen molar-refractivity contribution in [2.24, 2.45) is 0 Å². The molecular formula is C9H12N2O2. The second-order valence-electron chi connectivity index (χ2n) is 2.70. The molecule has 0 unspecified atom stereocenters. The topological polar surface area (TPSA) is 44.1 Å². The van der Waals surface area contributed by atoms with Crippen LogP contribution in [-0.2, 0) is 4.74 Å². The van der Waals surface area contributed by atoms with Crippen LogP contribution in [0.1, 0.15) is 11.4 Å². The number of carbonyl (C=O) groups excluding carboxylic acids is 1. The summed E-state index contributed by atoms with van der Waals surface area (Å²) in [5.74, 6) is 0. The summed E-state index contributed by atoms with van der Waals surface area (Å²) < 4.78 is 6.05. The van der Waals surface area contributed by atoms with Crippen LogP contribution >= 0.6 is 0 Å². The molecule has 0 aliphatic carbocycles. The van der Waals surface area contributed by atoms with Gasteiger partial charge in [-0.25, -0.2) is 4.79 Å². The average molecular weight is 180 g/mol. The molecule has 4 nitrogen and oxygen atoms in total. The summed E-state index contributed by atoms with van der Waals surface area (Å²) in [5.41, 5.74) is 1.57. The van der Waals surface area contributed by atoms with Crippen LogP contribution in [0.3, 0.4) is 0 Å². The third-order valence-corrected chi connectivity index (χ3v) is 1.51. The molecule has 70 valence electrons. The van der Waals surface area contributed by atoms with Gasteiger partial charge in [0.15, 0.2) is 0 Å². The number of carbonyl (C=O) groups is 1. The summed E-state index contributed by atoms with van der Waals surface area (Å²) in [6, 6.07) is 1.81. The lowest BCUT2D eigenvalue weighted by Crippen LogP contribution is -2.16. The van der Waals surface area contributed by atoms with E-state index in [-0.39, 0.29) is 6.61 Å². The van der Waals surface area contributed by atoms with Crippen LogP contribution in [0.25, 0.3) is 0 Å². The molecule has 0 aliphatic rings. The Labute approximate surface area is 76.8 Å². The van der Waals surface area contributed by atoms with Crippen LogP contribution in [0.15, 0.2) is 18.7 Å². The predicted octanol–water partition coefficient (Wildman–Crippen LogP) is 1.67. The first-order chi connectivity index (χ1) is 6.15. The van der Waals surface area contributed by atoms with Crippen molar-refractivity contribution in [2.45, 2.75) is 13.8 Å². The van der Waals surface area contributed by atoms with Crippen LogP contribution < -0.4 is 0 Å². The Morgan fingerprint density at radius 3 is 2.92 bits per heavy atom. The highest BCUT2D eigenvalue weighted by atomic mass is 16.6. The smallest absolute Gasteiger partial charge is 0.435 e. The van der Waals surface area contributed by atoms with Gasteiger partial charge in [-0.3, -0.25) is 0 Å². The minimum absolute atomic E-state index is 0.206. The second-order valence-corrected chi connectivity index (χ2v) is 2.70. The summed E-state index contributed by atoms with van der Waals surface area (Å²) >= 11 is 0. The van der Waals surface area contributed by atoms with E-state index in [0.29, 0.717) is 0 Å². The van der Waals surface area contributed by atoms with E-state index in [0.717, 1.165) is 11.4 Å². The van der Waals surface area contributed by atoms with Crippen molar-refractivity contribution in [2.75, 3.05) is 6.61 Å². The van der Waals surface area contributed by atoms with Crippen LogP contribution in [0.2, 0.25) is 0 Å². The first-order valence-corrected chi connectivity index (χ1v) is 3.96. The van der Waals surface area contributed by atoms with Crippen molar-refractivity contribution in [3.8, 4) is 0 Å². The van der Waals surface area contributed by atoms with Gasteiger partial charge in [-0.1, -0.05) is 12.7 Å². The highest BCUT2D eigenvalue weighted by molar-refractivity contribution is 5.70. The predicted molar refractivity (Wildman–Crippen MR) is 48.6 cm³/mol. The van der Waals surface area contributed by atoms with Crippen molar-refractivity contribution in [3.05, 3.63) is 30.1 Å². The summed E-state index contributed by atoms with van der Waals surface area (Å²) in [6.45, 7) is 7.28. The Morgan fingerprint density at radius 2 is 2.46 bits per heavy atom. The van der Waals surface area contributed by atoms with Gasteiger partial charge >= 0.3 is 6.09 Å². The molecule has 0 N–H and O–H groups in total. The molecule has 0 bridgehead atoms. The maximum Gasteiger partial charge on any atom is 0.435 e. The molecule has 1 rings (SSSR count). The van der Waals surface area contributed by atoms with Gasteiger partial charge in [-0.15, -0.1) is 0 Å². The summed E-state index contributed by atoms with van der Waals surface area (Å²) in [5, 5.41) is 3.97. The Morgan fingerprint density at radius 1 is 1.77 bits per heavy atom. The fourth-order valence-corrected chi connectivity index (χ4v) is 1.01. The zero-order chi connectivity index (χ0) is 9.84. The largest absolute Gasteiger partial charge is 0.444 e. The Kier molecular flexibility index (Phi) is 2.84. The van der Waals surface area contributed by atoms with Crippen molar-refractivity contribution in [3.63, 3.8) is 0 Å². The van der Waals surface area contributed by atoms with E-state index < -0.39 is 6.09 Å². The number of aryl methyl sites for hydroxylation is 2. The van der Waals surface area contributed by atoms with Crippen LogP contribution in [0.5, 0.6) is 0 Å². The molecule has 0 saturated heterocycles. The maximum absolute atomic E-state index is 11.3. The van der Waals surface area contributed by atoms with Gasteiger partial charge in [0.1, 0.15) is 6.61 Å². The molecule has 0 saturated carbocycles. The Hall–Kier alpha value is -1.58. The summed E-state index contributed by atoms with van der Waals surface area (Å²) in [7, 11) is 0. The van der Waals surface area contributed by atoms with Gasteiger partial charge in [-0.05, 0) is 19.9 Å². The third-order valence-electron chi connectivity index (χ3n) is 1.51. The van der Waals surface area contributed by atoms with Gasteiger partial charge in [0.2, 0.25) is 0 Å². The minimum atomic E-state index is -0.467. The van der Waals surface area contributed by atoms with Gasteiger partial charge in [0, 0.05) is 5.69 Å². The quantitative estimate of drug-likeness (QED) is 0.650. The monoisotopic (exact) mass is 180 g/mol. The Balaban J connectivity index is 2.76. The number of hydrogen-bond acceptors (Lipinski definition) is 3. The normalized spacial score (nSPS) is 9.69. The van der Waals surface area contributed by atoms with E-state index >= 15 is 0 Å². The standard InChI is InChI=1S/C9H12N2O2/c1-4-5-13-9(12)11-8(3)6-7(2)10-11/h4,6H,1,5H2,2-3H3. The maximum atomic E-state index is 11.3. The van der Waals surface area contributed by atoms with Crippen LogP contribution in [-0.4, -0.2) is 22.5 Å². The number of ether oxygens (including phenoxy) is 1. The molecule has 4 heteroatoms. The van der Waals surface area contributed by atoms with E-state index in [4.69, 9.17) is 4.74 Å². The third kappa shape index (κ3) is 2.18. The number of aromatic nitrogens is 2. The lowest BCUT2D eigenvalue weighted by Gasteiger charge is -2.01. The van der Waals surface area contributed by atoms with Gasteiger partial charge < -0.3 is 4.74 Å². The molecular weight excluding hydrogens is 168 g/mol. The van der Waals surface area contributed by atoms with E-state index in [2.05, 4.69) is 11.7 Å². The fraction of sp³-hybridized carbons (Fsp3) is 0.333. The molecule has 0 atom stereocenters. The highest BCUT2D eigenvalue weighted by Crippen LogP contribution is 2.02. The van der Waals surface area contributed by atoms with Crippen molar-refractivity contribution in [1.82, 2.24) is 9.78 Å². The molecule has 1 heterocycles. The highest BCUT2D eigenvalue weighted by Gasteiger charge is 2.09. The van der Waals surface area contributed by atoms with Gasteiger partial charge in [0.05, 0.1) is 5.69 Å². The SMILES string of the molecule is C=CCOC(=O)n1nc(C)cc1C. The first kappa shape index (κ1) is 9.51. The van der Waals surface area contributed by atoms with Gasteiger partial charge in [-0.2, -0.15) is 9.78 Å². The minimum Gasteiger partial charge on any atom is -0.444 e. The van der Waals surface area contributed by atoms with Crippen molar-refractivity contribution < 1.29 is 9.53 Å². The van der Waals surface area contributed by atoms with E-state index in [1.165, 1.54) is 10.8 Å². The van der Waals surface area contributed by atoms with Crippen LogP contribution in [0.4, 0.5) is 4.79 Å². The van der Waals surface area contributed by atoms with Crippen molar-refractivity contribution >= 4 is 6.09 Å². The molecule has 0 aliphatic heterocycles. The van der Waals surface area contributed by atoms with Gasteiger partial charge in [0.25, 0.3) is 0 Å². The molecule has 0 radical (unpaired) electrons. The fourth-order valence-electron chi connectivity index (χ4n) is 1.01. The van der Waals surface area contributed by atoms with Crippen LogP contribution in [0, 0.1) is 13.8 Å². The second kappa shape index (κ2) is 3.89. The molecule has 0 fully saturated rings. The molecule has 1 aromatic heterocycles. The Bertz CT molecular complexity index is 328. The first-order valence-electron chi connectivity index (χ1n) is 3.96. The van der Waals surface area contributed by atoms with Crippen molar-refractivity contribution in [1.29, 1.82) is 0 Å². The molecule has 0 amide bonds. The lowest BCUT2D eigenvalue weighted by molar-refractivity contribution is 0.156. The lowest BCUT2D eigenvalue weighted by atomic mass is 10.4. The van der Waals surface area contributed by atoms with E-state index in [1.54, 1.807) is 6.92 Å². The number of nitrogens with zero attached hydrogens (tertiary/aromatic N) is 2. The van der Waals surface area contributed by atoms with E-state index in [1.807, 2.05) is 13.0 Å². The average Bonchev–Trinajstić information content (AvgIpc) is 2.41. The molecule has 0 spiro atoms.